The van der Waals surface area contributed by atoms with Gasteiger partial charge in [-0.05, 0) is 12.1 Å². The molecule has 9 heteroatoms. The lowest BCUT2D eigenvalue weighted by Crippen LogP contribution is -2.13. The molecule has 0 aliphatic carbocycles. The molecule has 3 aromatic rings. The van der Waals surface area contributed by atoms with E-state index in [2.05, 4.69) is 25.2 Å². The zero-order chi connectivity index (χ0) is 19.1. The molecule has 0 aliphatic heterocycles. The van der Waals surface area contributed by atoms with Gasteiger partial charge >= 0.3 is 6.09 Å². The Bertz CT molecular complexity index is 971. The van der Waals surface area contributed by atoms with E-state index >= 15 is 0 Å². The van der Waals surface area contributed by atoms with Crippen molar-refractivity contribution in [3.63, 3.8) is 0 Å². The number of anilines is 1. The summed E-state index contributed by atoms with van der Waals surface area (Å²) >= 11 is 6.47. The van der Waals surface area contributed by atoms with Crippen LogP contribution in [-0.2, 0) is 10.2 Å². The van der Waals surface area contributed by atoms with Crippen molar-refractivity contribution in [2.24, 2.45) is 0 Å². The summed E-state index contributed by atoms with van der Waals surface area (Å²) < 4.78 is 11.5. The molecule has 0 saturated carbocycles. The number of nitrogens with one attached hydrogen (secondary N) is 2. The Balaban J connectivity index is 2.02. The van der Waals surface area contributed by atoms with Crippen LogP contribution in [0.2, 0.25) is 5.02 Å². The predicted molar refractivity (Wildman–Crippen MR) is 99.1 cm³/mol. The number of ether oxygens (including phenoxy) is 2. The molecule has 0 atom stereocenters. The Kier molecular flexibility index (Phi) is 4.53. The van der Waals surface area contributed by atoms with Crippen LogP contribution in [0.1, 0.15) is 26.5 Å². The molecule has 0 fully saturated rings. The van der Waals surface area contributed by atoms with Crippen LogP contribution in [0, 0.1) is 0 Å². The average molecular weight is 378 g/mol. The summed E-state index contributed by atoms with van der Waals surface area (Å²) in [6.07, 6.45) is -0.558. The van der Waals surface area contributed by atoms with E-state index in [4.69, 9.17) is 16.3 Å². The van der Waals surface area contributed by atoms with E-state index in [9.17, 15) is 4.79 Å². The molecule has 1 aromatic carbocycles. The van der Waals surface area contributed by atoms with Gasteiger partial charge < -0.3 is 14.5 Å². The van der Waals surface area contributed by atoms with Crippen LogP contribution in [-0.4, -0.2) is 40.1 Å². The van der Waals surface area contributed by atoms with Gasteiger partial charge in [-0.15, -0.1) is 9.73 Å². The summed E-state index contributed by atoms with van der Waals surface area (Å²) in [5, 5.41) is 12.1. The maximum atomic E-state index is 11.3. The van der Waals surface area contributed by atoms with Gasteiger partial charge in [-0.2, -0.15) is 5.10 Å². The van der Waals surface area contributed by atoms with Gasteiger partial charge in [0.15, 0.2) is 11.5 Å². The number of hydrogen-bond donors (Lipinski definition) is 2. The monoisotopic (exact) mass is 377 g/mol. The third-order valence-electron chi connectivity index (χ3n) is 3.84. The van der Waals surface area contributed by atoms with Gasteiger partial charge in [0, 0.05) is 17.2 Å². The number of fused-ring (bicyclic) bond motifs is 1. The van der Waals surface area contributed by atoms with Crippen molar-refractivity contribution in [3.05, 3.63) is 28.9 Å². The average Bonchev–Trinajstić information content (AvgIpc) is 3.14. The fourth-order valence-electron chi connectivity index (χ4n) is 2.53. The molecule has 0 unspecified atom stereocenters. The first-order valence-corrected chi connectivity index (χ1v) is 8.30. The second-order valence-electron chi connectivity index (χ2n) is 6.76. The smallest absolute Gasteiger partial charge is 0.411 e. The van der Waals surface area contributed by atoms with E-state index in [1.165, 1.54) is 11.7 Å². The van der Waals surface area contributed by atoms with E-state index in [-0.39, 0.29) is 5.41 Å². The first-order chi connectivity index (χ1) is 12.2. The summed E-state index contributed by atoms with van der Waals surface area (Å²) in [6.45, 7) is 6.12. The highest BCUT2D eigenvalue weighted by Gasteiger charge is 2.25. The number of aromatic amines is 1. The molecule has 138 valence electrons. The maximum Gasteiger partial charge on any atom is 0.411 e. The number of rotatable bonds is 3. The summed E-state index contributed by atoms with van der Waals surface area (Å²) in [5.41, 5.74) is 2.45. The van der Waals surface area contributed by atoms with E-state index in [1.807, 2.05) is 20.8 Å². The molecule has 2 heterocycles. The SMILES string of the molecule is COC(=O)Nc1ccc(-c2nn3nc(C(C)(C)C)c(Cl)c3[nH]2)c(OC)c1. The third kappa shape index (κ3) is 3.20. The number of hydrogen-bond acceptors (Lipinski definition) is 5. The third-order valence-corrected chi connectivity index (χ3v) is 4.20. The topological polar surface area (TPSA) is 93.5 Å². The first kappa shape index (κ1) is 18.1. The minimum atomic E-state index is -0.558. The fraction of sp³-hybridized carbons (Fsp3) is 0.353. The van der Waals surface area contributed by atoms with E-state index in [0.717, 1.165) is 5.69 Å². The number of H-pyrrole nitrogens is 1. The number of aromatic nitrogens is 4. The van der Waals surface area contributed by atoms with E-state index < -0.39 is 6.09 Å². The number of nitrogens with zero attached hydrogens (tertiary/aromatic N) is 3. The molecule has 0 bridgehead atoms. The Morgan fingerprint density at radius 1 is 1.27 bits per heavy atom. The minimum Gasteiger partial charge on any atom is -0.496 e. The standard InChI is InChI=1S/C17H20ClN5O3/c1-17(2,3)13-12(18)15-20-14(22-23(15)21-13)10-7-6-9(8-11(10)25-4)19-16(24)26-5/h6-8H,1-5H3,(H,19,24)(H,20,22). The molecular weight excluding hydrogens is 358 g/mol. The summed E-state index contributed by atoms with van der Waals surface area (Å²) in [7, 11) is 2.84. The molecule has 1 amide bonds. The van der Waals surface area contributed by atoms with Gasteiger partial charge in [-0.3, -0.25) is 5.32 Å². The highest BCUT2D eigenvalue weighted by atomic mass is 35.5. The Morgan fingerprint density at radius 3 is 2.58 bits per heavy atom. The van der Waals surface area contributed by atoms with Gasteiger partial charge in [0.1, 0.15) is 10.8 Å². The lowest BCUT2D eigenvalue weighted by atomic mass is 9.92. The zero-order valence-corrected chi connectivity index (χ0v) is 15.9. The van der Waals surface area contributed by atoms with Gasteiger partial charge in [-0.25, -0.2) is 4.79 Å². The van der Waals surface area contributed by atoms with Crippen LogP contribution in [0.5, 0.6) is 5.75 Å². The molecule has 0 radical (unpaired) electrons. The van der Waals surface area contributed by atoms with E-state index in [1.54, 1.807) is 25.3 Å². The molecule has 3 rings (SSSR count). The number of carbonyl (C=O) groups is 1. The van der Waals surface area contributed by atoms with Gasteiger partial charge in [0.05, 0.1) is 25.5 Å². The fourth-order valence-corrected chi connectivity index (χ4v) is 2.98. The minimum absolute atomic E-state index is 0.190. The van der Waals surface area contributed by atoms with Crippen molar-refractivity contribution in [2.75, 3.05) is 19.5 Å². The number of halogens is 1. The predicted octanol–water partition coefficient (Wildman–Crippen LogP) is 3.86. The summed E-state index contributed by atoms with van der Waals surface area (Å²) in [5.74, 6) is 1.08. The Labute approximate surface area is 155 Å². The van der Waals surface area contributed by atoms with Crippen molar-refractivity contribution in [1.82, 2.24) is 19.8 Å². The normalized spacial score (nSPS) is 11.6. The van der Waals surface area contributed by atoms with Crippen LogP contribution >= 0.6 is 11.6 Å². The molecular formula is C17H20ClN5O3. The number of methoxy groups -OCH3 is 2. The van der Waals surface area contributed by atoms with Crippen molar-refractivity contribution in [2.45, 2.75) is 26.2 Å². The molecule has 0 spiro atoms. The van der Waals surface area contributed by atoms with Gasteiger partial charge in [0.25, 0.3) is 0 Å². The largest absolute Gasteiger partial charge is 0.496 e. The molecule has 2 N–H and O–H groups in total. The lowest BCUT2D eigenvalue weighted by molar-refractivity contribution is 0.187. The summed E-state index contributed by atoms with van der Waals surface area (Å²) in [6, 6.07) is 5.18. The van der Waals surface area contributed by atoms with Gasteiger partial charge in [-0.1, -0.05) is 32.4 Å². The highest BCUT2D eigenvalue weighted by molar-refractivity contribution is 6.34. The molecule has 8 nitrogen and oxygen atoms in total. The molecule has 26 heavy (non-hydrogen) atoms. The maximum absolute atomic E-state index is 11.3. The highest BCUT2D eigenvalue weighted by Crippen LogP contribution is 2.34. The van der Waals surface area contributed by atoms with Crippen molar-refractivity contribution < 1.29 is 14.3 Å². The quantitative estimate of drug-likeness (QED) is 0.722. The van der Waals surface area contributed by atoms with Gasteiger partial charge in [0.2, 0.25) is 0 Å². The van der Waals surface area contributed by atoms with Crippen molar-refractivity contribution >= 4 is 29.0 Å². The first-order valence-electron chi connectivity index (χ1n) is 7.93. The summed E-state index contributed by atoms with van der Waals surface area (Å²) in [4.78, 5) is 14.5. The molecule has 2 aromatic heterocycles. The number of benzene rings is 1. The Morgan fingerprint density at radius 2 is 2.00 bits per heavy atom. The zero-order valence-electron chi connectivity index (χ0n) is 15.2. The van der Waals surface area contributed by atoms with Crippen molar-refractivity contribution in [1.29, 1.82) is 0 Å². The van der Waals surface area contributed by atoms with Crippen LogP contribution in [0.3, 0.4) is 0 Å². The van der Waals surface area contributed by atoms with Crippen LogP contribution in [0.25, 0.3) is 17.0 Å². The molecule has 0 aliphatic rings. The number of carbonyl (C=O) groups excluding carboxylic acids is 1. The van der Waals surface area contributed by atoms with Crippen LogP contribution in [0.15, 0.2) is 18.2 Å². The lowest BCUT2D eigenvalue weighted by Gasteiger charge is -2.14. The number of amides is 1. The van der Waals surface area contributed by atoms with Crippen LogP contribution < -0.4 is 10.1 Å². The van der Waals surface area contributed by atoms with Crippen molar-refractivity contribution in [3.8, 4) is 17.1 Å². The Hall–Kier alpha value is -2.74. The second kappa shape index (κ2) is 6.53. The molecule has 0 saturated heterocycles. The second-order valence-corrected chi connectivity index (χ2v) is 7.13. The van der Waals surface area contributed by atoms with E-state index in [0.29, 0.717) is 33.5 Å². The van der Waals surface area contributed by atoms with Crippen LogP contribution in [0.4, 0.5) is 10.5 Å².